The molecule has 11 heavy (non-hydrogen) atoms. The Balaban J connectivity index is 2.40. The van der Waals surface area contributed by atoms with Crippen LogP contribution in [0.15, 0.2) is 11.6 Å². The first-order chi connectivity index (χ1) is 5.36. The Kier molecular flexibility index (Phi) is 3.95. The average Bonchev–Trinajstić information content (AvgIpc) is 2.52. The highest BCUT2D eigenvalue weighted by molar-refractivity contribution is 6.19. The molecule has 0 aromatic carbocycles. The lowest BCUT2D eigenvalue weighted by Gasteiger charge is -2.05. The first-order valence-corrected chi connectivity index (χ1v) is 4.77. The zero-order valence-corrected chi connectivity index (χ0v) is 7.73. The van der Waals surface area contributed by atoms with E-state index in [2.05, 4.69) is 13.0 Å². The van der Waals surface area contributed by atoms with Crippen LogP contribution in [0.4, 0.5) is 0 Å². The standard InChI is InChI=1S/C9H15ClO/c1-2-8(7-10)6-9-4-3-5-11-9/h6,9H,2-5,7H2,1H3. The van der Waals surface area contributed by atoms with Gasteiger partial charge in [0.25, 0.3) is 0 Å². The molecule has 0 aliphatic carbocycles. The second kappa shape index (κ2) is 4.78. The van der Waals surface area contributed by atoms with E-state index < -0.39 is 0 Å². The average molecular weight is 175 g/mol. The van der Waals surface area contributed by atoms with Crippen molar-refractivity contribution in [2.75, 3.05) is 12.5 Å². The summed E-state index contributed by atoms with van der Waals surface area (Å²) < 4.78 is 5.45. The van der Waals surface area contributed by atoms with Crippen molar-refractivity contribution in [3.63, 3.8) is 0 Å². The van der Waals surface area contributed by atoms with Crippen molar-refractivity contribution in [3.05, 3.63) is 11.6 Å². The van der Waals surface area contributed by atoms with E-state index in [0.717, 1.165) is 13.0 Å². The summed E-state index contributed by atoms with van der Waals surface area (Å²) in [5.74, 6) is 0.649. The zero-order valence-electron chi connectivity index (χ0n) is 6.98. The molecular weight excluding hydrogens is 160 g/mol. The molecule has 1 saturated heterocycles. The Hall–Kier alpha value is -0.0100. The monoisotopic (exact) mass is 174 g/mol. The summed E-state index contributed by atoms with van der Waals surface area (Å²) >= 11 is 5.72. The molecule has 1 rings (SSSR count). The van der Waals surface area contributed by atoms with Gasteiger partial charge >= 0.3 is 0 Å². The molecule has 0 bridgehead atoms. The molecule has 1 fully saturated rings. The minimum absolute atomic E-state index is 0.351. The van der Waals surface area contributed by atoms with Gasteiger partial charge < -0.3 is 4.74 Å². The fourth-order valence-corrected chi connectivity index (χ4v) is 1.53. The number of hydrogen-bond acceptors (Lipinski definition) is 1. The largest absolute Gasteiger partial charge is 0.374 e. The number of hydrogen-bond donors (Lipinski definition) is 0. The molecule has 1 nitrogen and oxygen atoms in total. The number of alkyl halides is 1. The van der Waals surface area contributed by atoms with Crippen LogP contribution in [0.5, 0.6) is 0 Å². The summed E-state index contributed by atoms with van der Waals surface area (Å²) in [5, 5.41) is 0. The highest BCUT2D eigenvalue weighted by Gasteiger charge is 2.12. The number of ether oxygens (including phenoxy) is 1. The molecule has 1 aliphatic heterocycles. The molecule has 2 heteroatoms. The van der Waals surface area contributed by atoms with Gasteiger partial charge in [0.15, 0.2) is 0 Å². The van der Waals surface area contributed by atoms with E-state index >= 15 is 0 Å². The van der Waals surface area contributed by atoms with Gasteiger partial charge in [-0.05, 0) is 19.3 Å². The van der Waals surface area contributed by atoms with E-state index in [0.29, 0.717) is 12.0 Å². The van der Waals surface area contributed by atoms with Crippen molar-refractivity contribution in [2.24, 2.45) is 0 Å². The predicted molar refractivity (Wildman–Crippen MR) is 48.1 cm³/mol. The Morgan fingerprint density at radius 2 is 2.55 bits per heavy atom. The third-order valence-electron chi connectivity index (χ3n) is 2.01. The SMILES string of the molecule is CCC(=CC1CCCO1)CCl. The van der Waals surface area contributed by atoms with Gasteiger partial charge in [-0.3, -0.25) is 0 Å². The van der Waals surface area contributed by atoms with Crippen LogP contribution in [0, 0.1) is 0 Å². The highest BCUT2D eigenvalue weighted by Crippen LogP contribution is 2.16. The molecule has 0 spiro atoms. The van der Waals surface area contributed by atoms with Gasteiger partial charge in [0.1, 0.15) is 0 Å². The lowest BCUT2D eigenvalue weighted by molar-refractivity contribution is 0.145. The van der Waals surface area contributed by atoms with Crippen molar-refractivity contribution in [1.29, 1.82) is 0 Å². The quantitative estimate of drug-likeness (QED) is 0.472. The van der Waals surface area contributed by atoms with Crippen LogP contribution in [0.1, 0.15) is 26.2 Å². The second-order valence-electron chi connectivity index (χ2n) is 2.86. The van der Waals surface area contributed by atoms with Gasteiger partial charge in [-0.2, -0.15) is 0 Å². The third kappa shape index (κ3) is 2.84. The molecule has 0 aromatic rings. The number of halogens is 1. The molecule has 1 unspecified atom stereocenters. The first-order valence-electron chi connectivity index (χ1n) is 4.24. The Morgan fingerprint density at radius 3 is 3.00 bits per heavy atom. The Labute approximate surface area is 73.4 Å². The molecule has 0 saturated carbocycles. The molecule has 0 N–H and O–H groups in total. The smallest absolute Gasteiger partial charge is 0.0759 e. The van der Waals surface area contributed by atoms with E-state index in [1.165, 1.54) is 18.4 Å². The van der Waals surface area contributed by atoms with E-state index in [-0.39, 0.29) is 0 Å². The second-order valence-corrected chi connectivity index (χ2v) is 3.13. The fourth-order valence-electron chi connectivity index (χ4n) is 1.25. The van der Waals surface area contributed by atoms with Gasteiger partial charge in [0.2, 0.25) is 0 Å². The number of allylic oxidation sites excluding steroid dienone is 1. The van der Waals surface area contributed by atoms with Crippen LogP contribution in [-0.2, 0) is 4.74 Å². The summed E-state index contributed by atoms with van der Waals surface area (Å²) in [6.07, 6.45) is 5.94. The Bertz CT molecular complexity index is 130. The summed E-state index contributed by atoms with van der Waals surface area (Å²) in [6.45, 7) is 3.05. The number of rotatable bonds is 3. The highest BCUT2D eigenvalue weighted by atomic mass is 35.5. The molecule has 1 aliphatic rings. The fraction of sp³-hybridized carbons (Fsp3) is 0.778. The van der Waals surface area contributed by atoms with Gasteiger partial charge in [0, 0.05) is 12.5 Å². The van der Waals surface area contributed by atoms with Crippen molar-refractivity contribution >= 4 is 11.6 Å². The molecule has 64 valence electrons. The van der Waals surface area contributed by atoms with Crippen molar-refractivity contribution in [1.82, 2.24) is 0 Å². The van der Waals surface area contributed by atoms with Gasteiger partial charge in [0.05, 0.1) is 6.10 Å². The van der Waals surface area contributed by atoms with Crippen LogP contribution in [0.25, 0.3) is 0 Å². The van der Waals surface area contributed by atoms with E-state index in [1.807, 2.05) is 0 Å². The van der Waals surface area contributed by atoms with Gasteiger partial charge in [-0.1, -0.05) is 18.6 Å². The summed E-state index contributed by atoms with van der Waals surface area (Å²) in [4.78, 5) is 0. The molecule has 0 aromatic heterocycles. The lowest BCUT2D eigenvalue weighted by atomic mass is 10.1. The van der Waals surface area contributed by atoms with Crippen LogP contribution < -0.4 is 0 Å². The van der Waals surface area contributed by atoms with Crippen LogP contribution in [-0.4, -0.2) is 18.6 Å². The summed E-state index contributed by atoms with van der Waals surface area (Å²) in [7, 11) is 0. The Morgan fingerprint density at radius 1 is 1.73 bits per heavy atom. The normalized spacial score (nSPS) is 26.0. The maximum absolute atomic E-state index is 5.72. The van der Waals surface area contributed by atoms with Crippen LogP contribution in [0.2, 0.25) is 0 Å². The molecule has 0 amide bonds. The summed E-state index contributed by atoms with van der Waals surface area (Å²) in [5.41, 5.74) is 1.30. The minimum Gasteiger partial charge on any atom is -0.374 e. The first kappa shape index (κ1) is 9.08. The van der Waals surface area contributed by atoms with E-state index in [4.69, 9.17) is 16.3 Å². The van der Waals surface area contributed by atoms with Crippen molar-refractivity contribution in [2.45, 2.75) is 32.3 Å². The van der Waals surface area contributed by atoms with Crippen molar-refractivity contribution in [3.8, 4) is 0 Å². The van der Waals surface area contributed by atoms with Gasteiger partial charge in [-0.25, -0.2) is 0 Å². The van der Waals surface area contributed by atoms with Crippen LogP contribution in [0.3, 0.4) is 0 Å². The molecular formula is C9H15ClO. The predicted octanol–water partition coefficient (Wildman–Crippen LogP) is 2.74. The molecule has 0 radical (unpaired) electrons. The summed E-state index contributed by atoms with van der Waals surface area (Å²) in [6, 6.07) is 0. The zero-order chi connectivity index (χ0) is 8.10. The van der Waals surface area contributed by atoms with Crippen LogP contribution >= 0.6 is 11.6 Å². The maximum Gasteiger partial charge on any atom is 0.0759 e. The van der Waals surface area contributed by atoms with E-state index in [9.17, 15) is 0 Å². The molecule has 1 heterocycles. The third-order valence-corrected chi connectivity index (χ3v) is 2.36. The van der Waals surface area contributed by atoms with Gasteiger partial charge in [-0.15, -0.1) is 11.6 Å². The lowest BCUT2D eigenvalue weighted by Crippen LogP contribution is -2.01. The molecule has 1 atom stereocenters. The van der Waals surface area contributed by atoms with E-state index in [1.54, 1.807) is 0 Å². The topological polar surface area (TPSA) is 9.23 Å². The van der Waals surface area contributed by atoms with Crippen molar-refractivity contribution < 1.29 is 4.74 Å². The maximum atomic E-state index is 5.72. The minimum atomic E-state index is 0.351.